The van der Waals surface area contributed by atoms with E-state index in [-0.39, 0.29) is 5.56 Å². The van der Waals surface area contributed by atoms with Gasteiger partial charge in [-0.05, 0) is 18.2 Å². The number of hydrogen-bond donors (Lipinski definition) is 1. The zero-order valence-corrected chi connectivity index (χ0v) is 11.4. The van der Waals surface area contributed by atoms with Crippen molar-refractivity contribution in [3.05, 3.63) is 59.7 Å². The minimum absolute atomic E-state index is 0.267. The van der Waals surface area contributed by atoms with E-state index in [0.29, 0.717) is 10.5 Å². The maximum absolute atomic E-state index is 11.1. The summed E-state index contributed by atoms with van der Waals surface area (Å²) < 4.78 is 0. The molecule has 0 heterocycles. The molecule has 19 heavy (non-hydrogen) atoms. The molecule has 0 unspecified atom stereocenters. The monoisotopic (exact) mass is 290 g/mol. The summed E-state index contributed by atoms with van der Waals surface area (Å²) in [7, 11) is 2.71. The van der Waals surface area contributed by atoms with Crippen LogP contribution in [0.15, 0.2) is 58.3 Å². The number of rotatable bonds is 5. The van der Waals surface area contributed by atoms with Crippen LogP contribution >= 0.6 is 21.6 Å². The van der Waals surface area contributed by atoms with Crippen LogP contribution in [-0.2, 0) is 0 Å². The van der Waals surface area contributed by atoms with Gasteiger partial charge in [-0.3, -0.25) is 4.79 Å². The fourth-order valence-corrected chi connectivity index (χ4v) is 3.79. The van der Waals surface area contributed by atoms with Crippen molar-refractivity contribution in [1.29, 1.82) is 0 Å². The van der Waals surface area contributed by atoms with Gasteiger partial charge in [0.05, 0.1) is 5.56 Å². The maximum Gasteiger partial charge on any atom is 0.336 e. The van der Waals surface area contributed by atoms with Crippen molar-refractivity contribution in [1.82, 2.24) is 0 Å². The number of carboxylic acids is 1. The second kappa shape index (κ2) is 6.45. The highest BCUT2D eigenvalue weighted by Gasteiger charge is 2.11. The molecule has 0 radical (unpaired) electrons. The highest BCUT2D eigenvalue weighted by atomic mass is 33.1. The smallest absolute Gasteiger partial charge is 0.336 e. The summed E-state index contributed by atoms with van der Waals surface area (Å²) in [4.78, 5) is 23.5. The topological polar surface area (TPSA) is 54.4 Å². The number of carbonyl (C=O) groups is 2. The number of carbonyl (C=O) groups excluding carboxylic acids is 1. The summed E-state index contributed by atoms with van der Waals surface area (Å²) in [5.74, 6) is -0.952. The summed E-state index contributed by atoms with van der Waals surface area (Å²) in [5.41, 5.74) is 0.872. The van der Waals surface area contributed by atoms with Gasteiger partial charge < -0.3 is 5.11 Å². The zero-order chi connectivity index (χ0) is 13.7. The van der Waals surface area contributed by atoms with Crippen LogP contribution in [0.1, 0.15) is 20.7 Å². The molecule has 0 amide bonds. The van der Waals surface area contributed by atoms with Gasteiger partial charge in [-0.15, -0.1) is 0 Å². The molecule has 96 valence electrons. The van der Waals surface area contributed by atoms with E-state index < -0.39 is 5.97 Å². The van der Waals surface area contributed by atoms with E-state index >= 15 is 0 Å². The van der Waals surface area contributed by atoms with Crippen LogP contribution in [0, 0.1) is 0 Å². The first kappa shape index (κ1) is 13.7. The first-order valence-corrected chi connectivity index (χ1v) is 7.58. The van der Waals surface area contributed by atoms with Crippen molar-refractivity contribution in [2.24, 2.45) is 0 Å². The van der Waals surface area contributed by atoms with E-state index in [4.69, 9.17) is 5.11 Å². The SMILES string of the molecule is O=Cc1ccccc1SSc1ccccc1C(=O)O. The first-order valence-electron chi connectivity index (χ1n) is 5.43. The fourth-order valence-electron chi connectivity index (χ4n) is 1.46. The van der Waals surface area contributed by atoms with Crippen LogP contribution in [0.4, 0.5) is 0 Å². The molecule has 0 aliphatic heterocycles. The van der Waals surface area contributed by atoms with E-state index in [1.807, 2.05) is 12.1 Å². The Hall–Kier alpha value is -1.72. The molecular weight excluding hydrogens is 280 g/mol. The molecule has 0 atom stereocenters. The minimum Gasteiger partial charge on any atom is -0.478 e. The van der Waals surface area contributed by atoms with Crippen LogP contribution < -0.4 is 0 Å². The number of aldehydes is 1. The molecule has 0 spiro atoms. The predicted octanol–water partition coefficient (Wildman–Crippen LogP) is 4.00. The van der Waals surface area contributed by atoms with Gasteiger partial charge in [0.15, 0.2) is 6.29 Å². The lowest BCUT2D eigenvalue weighted by Gasteiger charge is -2.06. The largest absolute Gasteiger partial charge is 0.478 e. The molecule has 0 fully saturated rings. The molecule has 2 rings (SSSR count). The number of carboxylic acid groups (broad SMARTS) is 1. The average molecular weight is 290 g/mol. The second-order valence-corrected chi connectivity index (χ2v) is 5.84. The van der Waals surface area contributed by atoms with Crippen molar-refractivity contribution in [3.8, 4) is 0 Å². The Kier molecular flexibility index (Phi) is 4.65. The Morgan fingerprint density at radius 2 is 1.53 bits per heavy atom. The van der Waals surface area contributed by atoms with E-state index in [9.17, 15) is 9.59 Å². The molecule has 0 saturated carbocycles. The van der Waals surface area contributed by atoms with E-state index in [2.05, 4.69) is 0 Å². The van der Waals surface area contributed by atoms with Gasteiger partial charge in [-0.2, -0.15) is 0 Å². The van der Waals surface area contributed by atoms with Gasteiger partial charge >= 0.3 is 5.97 Å². The Labute approximate surface area is 118 Å². The lowest BCUT2D eigenvalue weighted by Crippen LogP contribution is -1.97. The van der Waals surface area contributed by atoms with Crippen LogP contribution in [0.5, 0.6) is 0 Å². The van der Waals surface area contributed by atoms with Crippen molar-refractivity contribution in [3.63, 3.8) is 0 Å². The van der Waals surface area contributed by atoms with E-state index in [1.54, 1.807) is 36.4 Å². The molecule has 0 aromatic heterocycles. The quantitative estimate of drug-likeness (QED) is 0.666. The van der Waals surface area contributed by atoms with Gasteiger partial charge in [-0.1, -0.05) is 51.9 Å². The average Bonchev–Trinajstić information content (AvgIpc) is 2.45. The molecule has 1 N–H and O–H groups in total. The van der Waals surface area contributed by atoms with E-state index in [0.717, 1.165) is 11.2 Å². The Bertz CT molecular complexity index is 611. The Morgan fingerprint density at radius 3 is 2.21 bits per heavy atom. The number of benzene rings is 2. The number of hydrogen-bond acceptors (Lipinski definition) is 4. The minimum atomic E-state index is -0.952. The van der Waals surface area contributed by atoms with E-state index in [1.165, 1.54) is 21.6 Å². The van der Waals surface area contributed by atoms with Gasteiger partial charge in [0.1, 0.15) is 0 Å². The third-order valence-corrected chi connectivity index (χ3v) is 4.88. The lowest BCUT2D eigenvalue weighted by atomic mass is 10.2. The van der Waals surface area contributed by atoms with Crippen molar-refractivity contribution >= 4 is 33.8 Å². The normalized spacial score (nSPS) is 10.1. The third kappa shape index (κ3) is 3.39. The predicted molar refractivity (Wildman–Crippen MR) is 76.9 cm³/mol. The van der Waals surface area contributed by atoms with Crippen LogP contribution in [0.2, 0.25) is 0 Å². The third-order valence-electron chi connectivity index (χ3n) is 2.38. The maximum atomic E-state index is 11.1. The molecule has 2 aromatic rings. The van der Waals surface area contributed by atoms with Gasteiger partial charge in [0.2, 0.25) is 0 Å². The van der Waals surface area contributed by atoms with Crippen molar-refractivity contribution in [2.45, 2.75) is 9.79 Å². The van der Waals surface area contributed by atoms with Gasteiger partial charge in [0.25, 0.3) is 0 Å². The first-order chi connectivity index (χ1) is 9.22. The molecule has 3 nitrogen and oxygen atoms in total. The molecule has 2 aromatic carbocycles. The Balaban J connectivity index is 2.19. The van der Waals surface area contributed by atoms with Gasteiger partial charge in [0, 0.05) is 15.4 Å². The summed E-state index contributed by atoms with van der Waals surface area (Å²) >= 11 is 0. The van der Waals surface area contributed by atoms with Gasteiger partial charge in [-0.25, -0.2) is 4.79 Å². The van der Waals surface area contributed by atoms with Crippen LogP contribution in [-0.4, -0.2) is 17.4 Å². The molecule has 5 heteroatoms. The molecule has 0 aliphatic carbocycles. The summed E-state index contributed by atoms with van der Waals surface area (Å²) in [6, 6.07) is 14.0. The van der Waals surface area contributed by atoms with Crippen molar-refractivity contribution in [2.75, 3.05) is 0 Å². The van der Waals surface area contributed by atoms with Crippen LogP contribution in [0.25, 0.3) is 0 Å². The zero-order valence-electron chi connectivity index (χ0n) is 9.78. The highest BCUT2D eigenvalue weighted by Crippen LogP contribution is 2.39. The summed E-state index contributed by atoms with van der Waals surface area (Å²) in [5, 5.41) is 9.08. The standard InChI is InChI=1S/C14H10O3S2/c15-9-10-5-1-3-7-12(10)18-19-13-8-4-2-6-11(13)14(16)17/h1-9H,(H,16,17). The molecule has 0 aliphatic rings. The molecule has 0 saturated heterocycles. The van der Waals surface area contributed by atoms with Crippen LogP contribution in [0.3, 0.4) is 0 Å². The molecule has 0 bridgehead atoms. The number of aromatic carboxylic acids is 1. The summed E-state index contributed by atoms with van der Waals surface area (Å²) in [6.07, 6.45) is 0.798. The Morgan fingerprint density at radius 1 is 0.947 bits per heavy atom. The molecular formula is C14H10O3S2. The van der Waals surface area contributed by atoms with Crippen molar-refractivity contribution < 1.29 is 14.7 Å². The highest BCUT2D eigenvalue weighted by molar-refractivity contribution is 8.76. The fraction of sp³-hybridized carbons (Fsp3) is 0. The lowest BCUT2D eigenvalue weighted by molar-refractivity contribution is 0.0693. The summed E-state index contributed by atoms with van der Waals surface area (Å²) in [6.45, 7) is 0. The second-order valence-electron chi connectivity index (χ2n) is 3.62.